The van der Waals surface area contributed by atoms with E-state index in [-0.39, 0.29) is 43.6 Å². The van der Waals surface area contributed by atoms with Crippen molar-refractivity contribution in [3.05, 3.63) is 35.4 Å². The third-order valence-corrected chi connectivity index (χ3v) is 8.48. The summed E-state index contributed by atoms with van der Waals surface area (Å²) in [5, 5.41) is 3.54. The maximum Gasteiger partial charge on any atom is 0.410 e. The molecule has 2 heterocycles. The second-order valence-electron chi connectivity index (χ2n) is 14.1. The lowest BCUT2D eigenvalue weighted by Gasteiger charge is -2.40. The lowest BCUT2D eigenvalue weighted by atomic mass is 9.86. The van der Waals surface area contributed by atoms with Gasteiger partial charge in [-0.2, -0.15) is 0 Å². The molecule has 0 spiro atoms. The number of methoxy groups -OCH3 is 2. The monoisotopic (exact) mass is 615 g/mol. The molecule has 9 heteroatoms. The van der Waals surface area contributed by atoms with Crippen molar-refractivity contribution in [1.82, 2.24) is 15.1 Å². The van der Waals surface area contributed by atoms with Crippen molar-refractivity contribution in [2.75, 3.05) is 47.0 Å². The number of nitrogens with zero attached hydrogens (tertiary/aromatic N) is 2. The van der Waals surface area contributed by atoms with Crippen LogP contribution in [-0.4, -0.2) is 92.8 Å². The Kier molecular flexibility index (Phi) is 12.1. The van der Waals surface area contributed by atoms with Gasteiger partial charge in [0, 0.05) is 57.9 Å². The Morgan fingerprint density at radius 3 is 2.64 bits per heavy atom. The number of hydrogen-bond acceptors (Lipinski definition) is 7. The fraction of sp³-hybridized carbons (Fsp3) is 0.714. The zero-order valence-corrected chi connectivity index (χ0v) is 28.0. The van der Waals surface area contributed by atoms with E-state index < -0.39 is 5.60 Å². The third-order valence-electron chi connectivity index (χ3n) is 8.48. The average molecular weight is 616 g/mol. The standard InChI is InChI=1S/C35H55N3O6.H2/c1-24(2)16-17-36-32-31(43-32)28-19-25(21-37(23-28)34(40)44-35(3,4)5)22-38(29-13-14-29)33(39)27-12-15-30(42-7)26(20-27)11-9-8-10-18-41-6;/h9,11-12,15,20,24-25,28-29,31-32,36H,8,10,13-14,16-19,21-23H2,1-7H3;1H/b11-9-;/t25-,28-,31?,32?;/m0./s1. The van der Waals surface area contributed by atoms with Gasteiger partial charge in [-0.1, -0.05) is 26.0 Å². The predicted molar refractivity (Wildman–Crippen MR) is 175 cm³/mol. The molecule has 4 atom stereocenters. The highest BCUT2D eigenvalue weighted by Gasteiger charge is 2.49. The van der Waals surface area contributed by atoms with E-state index >= 15 is 0 Å². The number of nitrogens with one attached hydrogen (secondary N) is 1. The summed E-state index contributed by atoms with van der Waals surface area (Å²) >= 11 is 0. The molecule has 0 aromatic heterocycles. The number of hydrogen-bond donors (Lipinski definition) is 1. The summed E-state index contributed by atoms with van der Waals surface area (Å²) in [6.45, 7) is 13.5. The van der Waals surface area contributed by atoms with Crippen molar-refractivity contribution in [3.8, 4) is 5.75 Å². The van der Waals surface area contributed by atoms with E-state index in [0.717, 1.165) is 56.4 Å². The first-order valence-electron chi connectivity index (χ1n) is 16.5. The highest BCUT2D eigenvalue weighted by Crippen LogP contribution is 2.38. The largest absolute Gasteiger partial charge is 0.496 e. The van der Waals surface area contributed by atoms with Gasteiger partial charge in [-0.25, -0.2) is 4.79 Å². The van der Waals surface area contributed by atoms with Crippen LogP contribution in [0, 0.1) is 17.8 Å². The van der Waals surface area contributed by atoms with Crippen molar-refractivity contribution in [2.45, 2.75) is 97.1 Å². The number of ether oxygens (including phenoxy) is 4. The molecule has 2 saturated heterocycles. The highest BCUT2D eigenvalue weighted by molar-refractivity contribution is 5.95. The number of allylic oxidation sites excluding steroid dienone is 1. The van der Waals surface area contributed by atoms with E-state index in [0.29, 0.717) is 37.7 Å². The maximum absolute atomic E-state index is 14.0. The molecule has 2 amide bonds. The zero-order chi connectivity index (χ0) is 31.9. The van der Waals surface area contributed by atoms with Gasteiger partial charge < -0.3 is 28.7 Å². The molecule has 1 saturated carbocycles. The Balaban J connectivity index is 0.00000552. The summed E-state index contributed by atoms with van der Waals surface area (Å²) in [6.07, 6.45) is 9.77. The summed E-state index contributed by atoms with van der Waals surface area (Å²) in [7, 11) is 3.36. The predicted octanol–water partition coefficient (Wildman–Crippen LogP) is 6.22. The molecule has 1 aromatic rings. The smallest absolute Gasteiger partial charge is 0.410 e. The first kappa shape index (κ1) is 34.3. The molecule has 2 unspecified atom stereocenters. The van der Waals surface area contributed by atoms with Crippen LogP contribution >= 0.6 is 0 Å². The van der Waals surface area contributed by atoms with Crippen LogP contribution in [0.4, 0.5) is 4.79 Å². The highest BCUT2D eigenvalue weighted by atomic mass is 16.6. The second kappa shape index (κ2) is 15.6. The van der Waals surface area contributed by atoms with E-state index in [1.807, 2.05) is 54.8 Å². The Labute approximate surface area is 266 Å². The number of piperidine rings is 1. The molecule has 4 rings (SSSR count). The third kappa shape index (κ3) is 10.2. The van der Waals surface area contributed by atoms with Gasteiger partial charge >= 0.3 is 6.09 Å². The minimum Gasteiger partial charge on any atom is -0.496 e. The number of benzene rings is 1. The second-order valence-corrected chi connectivity index (χ2v) is 14.1. The molecule has 1 N–H and O–H groups in total. The van der Waals surface area contributed by atoms with Gasteiger partial charge in [-0.05, 0) is 95.9 Å². The summed E-state index contributed by atoms with van der Waals surface area (Å²) < 4.78 is 22.6. The van der Waals surface area contributed by atoms with E-state index in [4.69, 9.17) is 18.9 Å². The number of carbonyl (C=O) groups is 2. The van der Waals surface area contributed by atoms with Crippen LogP contribution in [0.15, 0.2) is 24.3 Å². The first-order valence-corrected chi connectivity index (χ1v) is 16.5. The summed E-state index contributed by atoms with van der Waals surface area (Å²) in [5.74, 6) is 1.72. The zero-order valence-electron chi connectivity index (χ0n) is 28.0. The van der Waals surface area contributed by atoms with Crippen LogP contribution in [0.2, 0.25) is 0 Å². The minimum atomic E-state index is -0.573. The molecular weight excluding hydrogens is 558 g/mol. The van der Waals surface area contributed by atoms with Crippen LogP contribution in [-0.2, 0) is 14.2 Å². The molecule has 44 heavy (non-hydrogen) atoms. The van der Waals surface area contributed by atoms with Gasteiger partial charge in [0.2, 0.25) is 0 Å². The van der Waals surface area contributed by atoms with Crippen molar-refractivity contribution < 1.29 is 30.0 Å². The summed E-state index contributed by atoms with van der Waals surface area (Å²) in [6, 6.07) is 5.91. The van der Waals surface area contributed by atoms with Gasteiger partial charge in [0.05, 0.1) is 7.11 Å². The Morgan fingerprint density at radius 1 is 1.20 bits per heavy atom. The minimum absolute atomic E-state index is 0. The van der Waals surface area contributed by atoms with Crippen LogP contribution in [0.3, 0.4) is 0 Å². The van der Waals surface area contributed by atoms with Crippen LogP contribution in [0.5, 0.6) is 5.75 Å². The average Bonchev–Trinajstić information content (AvgIpc) is 3.90. The normalized spacial score (nSPS) is 23.7. The lowest BCUT2D eigenvalue weighted by Crippen LogP contribution is -2.51. The van der Waals surface area contributed by atoms with Gasteiger partial charge in [0.25, 0.3) is 5.91 Å². The quantitative estimate of drug-likeness (QED) is 0.185. The van der Waals surface area contributed by atoms with E-state index in [1.54, 1.807) is 14.2 Å². The maximum atomic E-state index is 14.0. The van der Waals surface area contributed by atoms with Crippen molar-refractivity contribution in [1.29, 1.82) is 0 Å². The van der Waals surface area contributed by atoms with Crippen LogP contribution in [0.25, 0.3) is 6.08 Å². The number of epoxide rings is 1. The fourth-order valence-electron chi connectivity index (χ4n) is 6.03. The Bertz CT molecular complexity index is 1130. The molecule has 2 aliphatic heterocycles. The number of likely N-dealkylation sites (tertiary alicyclic amines) is 1. The molecule has 3 fully saturated rings. The van der Waals surface area contributed by atoms with Gasteiger partial charge in [0.1, 0.15) is 23.7 Å². The van der Waals surface area contributed by atoms with E-state index in [1.165, 1.54) is 0 Å². The number of unbranched alkanes of at least 4 members (excludes halogenated alkanes) is 1. The van der Waals surface area contributed by atoms with Gasteiger partial charge in [-0.15, -0.1) is 0 Å². The number of rotatable bonds is 15. The number of amides is 2. The SMILES string of the molecule is COCCC/C=C\c1cc(C(=O)N(C[C@H]2C[C@H](C3OC3NCCC(C)C)CN(C(=O)OC(C)(C)C)C2)C2CC2)ccc1OC.[HH]. The van der Waals surface area contributed by atoms with Crippen molar-refractivity contribution >= 4 is 18.1 Å². The van der Waals surface area contributed by atoms with E-state index in [2.05, 4.69) is 25.2 Å². The topological polar surface area (TPSA) is 92.9 Å². The van der Waals surface area contributed by atoms with Crippen LogP contribution < -0.4 is 10.1 Å². The lowest BCUT2D eigenvalue weighted by molar-refractivity contribution is 0.00469. The molecule has 1 aliphatic carbocycles. The van der Waals surface area contributed by atoms with Crippen molar-refractivity contribution in [2.24, 2.45) is 17.8 Å². The van der Waals surface area contributed by atoms with E-state index in [9.17, 15) is 9.59 Å². The molecular formula is C35H57N3O6. The molecule has 0 bridgehead atoms. The summed E-state index contributed by atoms with van der Waals surface area (Å²) in [4.78, 5) is 31.2. The molecule has 9 nitrogen and oxygen atoms in total. The van der Waals surface area contributed by atoms with Crippen LogP contribution in [0.1, 0.15) is 90.5 Å². The van der Waals surface area contributed by atoms with Crippen molar-refractivity contribution in [3.63, 3.8) is 0 Å². The summed E-state index contributed by atoms with van der Waals surface area (Å²) in [5.41, 5.74) is 0.976. The molecule has 3 aliphatic rings. The number of carbonyl (C=O) groups excluding carboxylic acids is 2. The molecule has 248 valence electrons. The fourth-order valence-corrected chi connectivity index (χ4v) is 6.03. The first-order chi connectivity index (χ1) is 21.0. The van der Waals surface area contributed by atoms with Gasteiger partial charge in [-0.3, -0.25) is 10.1 Å². The Morgan fingerprint density at radius 2 is 1.98 bits per heavy atom. The molecule has 0 radical (unpaired) electrons. The molecule has 1 aromatic carbocycles. The van der Waals surface area contributed by atoms with Gasteiger partial charge in [0.15, 0.2) is 0 Å². The Hall–Kier alpha value is -2.62.